The summed E-state index contributed by atoms with van der Waals surface area (Å²) in [5, 5.41) is 7.68. The zero-order chi connectivity index (χ0) is 20.5. The Bertz CT molecular complexity index is 845. The van der Waals surface area contributed by atoms with Gasteiger partial charge in [-0.2, -0.15) is 0 Å². The molecule has 0 radical (unpaired) electrons. The van der Waals surface area contributed by atoms with Crippen molar-refractivity contribution in [1.29, 1.82) is 0 Å². The highest BCUT2D eigenvalue weighted by Crippen LogP contribution is 2.20. The number of para-hydroxylation sites is 1. The average molecular weight is 451 g/mol. The lowest BCUT2D eigenvalue weighted by molar-refractivity contribution is -0.132. The van der Waals surface area contributed by atoms with Crippen LogP contribution >= 0.6 is 15.9 Å². The molecule has 0 aromatic heterocycles. The first-order valence-electron chi connectivity index (χ1n) is 8.39. The SMILES string of the molecule is CN(CC(=O)Nc1ccccc1Br)C(=O)CNC(=O)NCc1ccc(F)cc1. The lowest BCUT2D eigenvalue weighted by Crippen LogP contribution is -2.44. The molecule has 0 bridgehead atoms. The Labute approximate surface area is 170 Å². The van der Waals surface area contributed by atoms with Gasteiger partial charge in [-0.3, -0.25) is 9.59 Å². The van der Waals surface area contributed by atoms with Gasteiger partial charge in [0.1, 0.15) is 5.82 Å². The van der Waals surface area contributed by atoms with Crippen LogP contribution in [0.25, 0.3) is 0 Å². The molecule has 0 unspecified atom stereocenters. The third-order valence-electron chi connectivity index (χ3n) is 3.72. The number of nitrogens with one attached hydrogen (secondary N) is 3. The summed E-state index contributed by atoms with van der Waals surface area (Å²) in [6.45, 7) is -0.211. The van der Waals surface area contributed by atoms with Crippen LogP contribution in [-0.4, -0.2) is 42.9 Å². The highest BCUT2D eigenvalue weighted by atomic mass is 79.9. The van der Waals surface area contributed by atoms with Crippen molar-refractivity contribution in [2.75, 3.05) is 25.5 Å². The number of hydrogen-bond acceptors (Lipinski definition) is 3. The molecule has 0 atom stereocenters. The molecule has 0 heterocycles. The van der Waals surface area contributed by atoms with E-state index in [1.807, 2.05) is 6.07 Å². The number of urea groups is 1. The lowest BCUT2D eigenvalue weighted by atomic mass is 10.2. The zero-order valence-corrected chi connectivity index (χ0v) is 16.8. The standard InChI is InChI=1S/C19H20BrFN4O3/c1-25(12-17(26)24-16-5-3-2-4-15(16)20)18(27)11-23-19(28)22-10-13-6-8-14(21)9-7-13/h2-9H,10-12H2,1H3,(H,24,26)(H2,22,23,28). The monoisotopic (exact) mass is 450 g/mol. The van der Waals surface area contributed by atoms with Crippen molar-refractivity contribution in [2.24, 2.45) is 0 Å². The van der Waals surface area contributed by atoms with Crippen LogP contribution in [0.1, 0.15) is 5.56 Å². The lowest BCUT2D eigenvalue weighted by Gasteiger charge is -2.17. The van der Waals surface area contributed by atoms with Gasteiger partial charge in [-0.1, -0.05) is 24.3 Å². The molecule has 0 aliphatic heterocycles. The van der Waals surface area contributed by atoms with Gasteiger partial charge in [-0.25, -0.2) is 9.18 Å². The summed E-state index contributed by atoms with van der Waals surface area (Å²) in [4.78, 5) is 37.1. The van der Waals surface area contributed by atoms with Crippen molar-refractivity contribution in [3.05, 3.63) is 64.4 Å². The van der Waals surface area contributed by atoms with Crippen LogP contribution in [-0.2, 0) is 16.1 Å². The Morgan fingerprint density at radius 1 is 1.04 bits per heavy atom. The van der Waals surface area contributed by atoms with E-state index in [9.17, 15) is 18.8 Å². The Morgan fingerprint density at radius 2 is 1.71 bits per heavy atom. The van der Waals surface area contributed by atoms with E-state index in [1.165, 1.54) is 24.1 Å². The van der Waals surface area contributed by atoms with Gasteiger partial charge in [-0.05, 0) is 45.8 Å². The Balaban J connectivity index is 1.71. The number of likely N-dealkylation sites (N-methyl/N-ethyl adjacent to an activating group) is 1. The number of halogens is 2. The molecule has 4 amide bonds. The smallest absolute Gasteiger partial charge is 0.315 e. The van der Waals surface area contributed by atoms with Crippen molar-refractivity contribution < 1.29 is 18.8 Å². The molecule has 7 nitrogen and oxygen atoms in total. The molecule has 0 saturated heterocycles. The summed E-state index contributed by atoms with van der Waals surface area (Å²) in [6, 6.07) is 12.3. The summed E-state index contributed by atoms with van der Waals surface area (Å²) in [7, 11) is 1.47. The van der Waals surface area contributed by atoms with Gasteiger partial charge in [0.05, 0.1) is 18.8 Å². The zero-order valence-electron chi connectivity index (χ0n) is 15.2. The van der Waals surface area contributed by atoms with E-state index in [1.54, 1.807) is 30.3 Å². The molecule has 0 aliphatic carbocycles. The first kappa shape index (κ1) is 21.4. The van der Waals surface area contributed by atoms with Gasteiger partial charge >= 0.3 is 6.03 Å². The van der Waals surface area contributed by atoms with E-state index in [0.29, 0.717) is 5.69 Å². The number of rotatable bonds is 7. The number of hydrogen-bond donors (Lipinski definition) is 3. The largest absolute Gasteiger partial charge is 0.335 e. The molecule has 9 heteroatoms. The van der Waals surface area contributed by atoms with Gasteiger partial charge < -0.3 is 20.9 Å². The van der Waals surface area contributed by atoms with Crippen molar-refractivity contribution in [1.82, 2.24) is 15.5 Å². The number of nitrogens with zero attached hydrogens (tertiary/aromatic N) is 1. The molecule has 2 rings (SSSR count). The van der Waals surface area contributed by atoms with Crippen LogP contribution in [0.4, 0.5) is 14.9 Å². The predicted molar refractivity (Wildman–Crippen MR) is 107 cm³/mol. The fourth-order valence-corrected chi connectivity index (χ4v) is 2.58. The first-order valence-corrected chi connectivity index (χ1v) is 9.19. The highest BCUT2D eigenvalue weighted by Gasteiger charge is 2.14. The normalized spacial score (nSPS) is 10.1. The number of benzene rings is 2. The van der Waals surface area contributed by atoms with Gasteiger partial charge in [0.2, 0.25) is 11.8 Å². The maximum absolute atomic E-state index is 12.8. The average Bonchev–Trinajstić information content (AvgIpc) is 2.67. The van der Waals surface area contributed by atoms with E-state index in [4.69, 9.17) is 0 Å². The predicted octanol–water partition coefficient (Wildman–Crippen LogP) is 2.48. The summed E-state index contributed by atoms with van der Waals surface area (Å²) in [5.41, 5.74) is 1.33. The number of anilines is 1. The van der Waals surface area contributed by atoms with E-state index in [2.05, 4.69) is 31.9 Å². The van der Waals surface area contributed by atoms with Gasteiger partial charge in [0.25, 0.3) is 0 Å². The molecule has 0 saturated carbocycles. The summed E-state index contributed by atoms with van der Waals surface area (Å²) < 4.78 is 13.6. The van der Waals surface area contributed by atoms with Crippen LogP contribution in [0.2, 0.25) is 0 Å². The summed E-state index contributed by atoms with van der Waals surface area (Å²) in [5.74, 6) is -1.13. The van der Waals surface area contributed by atoms with Crippen LogP contribution in [0.15, 0.2) is 53.0 Å². The summed E-state index contributed by atoms with van der Waals surface area (Å²) in [6.07, 6.45) is 0. The second-order valence-electron chi connectivity index (χ2n) is 5.94. The van der Waals surface area contributed by atoms with Crippen LogP contribution in [0.5, 0.6) is 0 Å². The topological polar surface area (TPSA) is 90.5 Å². The van der Waals surface area contributed by atoms with Crippen LogP contribution in [0, 0.1) is 5.82 Å². The molecule has 2 aromatic carbocycles. The second kappa shape index (κ2) is 10.4. The maximum Gasteiger partial charge on any atom is 0.315 e. The van der Waals surface area contributed by atoms with Crippen molar-refractivity contribution in [3.8, 4) is 0 Å². The number of carbonyl (C=O) groups is 3. The Hall–Kier alpha value is -2.94. The van der Waals surface area contributed by atoms with Crippen molar-refractivity contribution in [3.63, 3.8) is 0 Å². The molecule has 148 valence electrons. The molecule has 3 N–H and O–H groups in total. The van der Waals surface area contributed by atoms with E-state index < -0.39 is 11.9 Å². The van der Waals surface area contributed by atoms with Crippen LogP contribution in [0.3, 0.4) is 0 Å². The highest BCUT2D eigenvalue weighted by molar-refractivity contribution is 9.10. The Kier molecular flexibility index (Phi) is 7.94. The fraction of sp³-hybridized carbons (Fsp3) is 0.211. The van der Waals surface area contributed by atoms with Gasteiger partial charge in [0.15, 0.2) is 0 Å². The fourth-order valence-electron chi connectivity index (χ4n) is 2.19. The Morgan fingerprint density at radius 3 is 2.39 bits per heavy atom. The minimum atomic E-state index is -0.538. The van der Waals surface area contributed by atoms with Gasteiger partial charge in [0, 0.05) is 18.1 Å². The second-order valence-corrected chi connectivity index (χ2v) is 6.79. The van der Waals surface area contributed by atoms with Crippen LogP contribution < -0.4 is 16.0 Å². The first-order chi connectivity index (χ1) is 13.3. The maximum atomic E-state index is 12.8. The molecule has 0 spiro atoms. The minimum absolute atomic E-state index is 0.154. The molecular formula is C19H20BrFN4O3. The third kappa shape index (κ3) is 6.99. The minimum Gasteiger partial charge on any atom is -0.335 e. The molecule has 2 aromatic rings. The number of amides is 4. The third-order valence-corrected chi connectivity index (χ3v) is 4.41. The van der Waals surface area contributed by atoms with Crippen molar-refractivity contribution >= 4 is 39.5 Å². The molecule has 28 heavy (non-hydrogen) atoms. The summed E-state index contributed by atoms with van der Waals surface area (Å²) >= 11 is 3.33. The number of carbonyl (C=O) groups excluding carboxylic acids is 3. The van der Waals surface area contributed by atoms with E-state index >= 15 is 0 Å². The van der Waals surface area contributed by atoms with Gasteiger partial charge in [-0.15, -0.1) is 0 Å². The molecular weight excluding hydrogens is 431 g/mol. The molecule has 0 aliphatic rings. The van der Waals surface area contributed by atoms with E-state index in [0.717, 1.165) is 10.0 Å². The van der Waals surface area contributed by atoms with E-state index in [-0.39, 0.29) is 31.4 Å². The quantitative estimate of drug-likeness (QED) is 0.605. The van der Waals surface area contributed by atoms with Crippen molar-refractivity contribution in [2.45, 2.75) is 6.54 Å². The molecule has 0 fully saturated rings.